The van der Waals surface area contributed by atoms with Crippen molar-refractivity contribution in [3.8, 4) is 0 Å². The van der Waals surface area contributed by atoms with Crippen molar-refractivity contribution in [2.24, 2.45) is 11.8 Å². The number of carbonyl (C=O) groups excluding carboxylic acids is 1. The quantitative estimate of drug-likeness (QED) is 0.370. The highest BCUT2D eigenvalue weighted by Gasteiger charge is 2.45. The molecular formula is C26H38O4SSi. The van der Waals surface area contributed by atoms with E-state index in [1.54, 1.807) is 0 Å². The summed E-state index contributed by atoms with van der Waals surface area (Å²) >= 11 is 0. The van der Waals surface area contributed by atoms with Crippen LogP contribution in [0.4, 0.5) is 0 Å². The summed E-state index contributed by atoms with van der Waals surface area (Å²) in [6.07, 6.45) is -0.910. The lowest BCUT2D eigenvalue weighted by Gasteiger charge is -2.38. The Morgan fingerprint density at radius 3 is 2.06 bits per heavy atom. The number of hydrogen-bond acceptors (Lipinski definition) is 4. The first-order valence-corrected chi connectivity index (χ1v) is 16.2. The van der Waals surface area contributed by atoms with Crippen LogP contribution in [0.1, 0.15) is 30.9 Å². The van der Waals surface area contributed by atoms with Crippen LogP contribution in [0.3, 0.4) is 0 Å². The molecule has 0 aliphatic heterocycles. The van der Waals surface area contributed by atoms with Crippen LogP contribution in [0.25, 0.3) is 0 Å². The molecule has 0 fully saturated rings. The number of aryl methyl sites for hydroxylation is 1. The summed E-state index contributed by atoms with van der Waals surface area (Å²) < 4.78 is 19.2. The number of benzene rings is 2. The summed E-state index contributed by atoms with van der Waals surface area (Å²) in [7, 11) is -1.71. The fourth-order valence-electron chi connectivity index (χ4n) is 4.16. The van der Waals surface area contributed by atoms with Crippen LogP contribution >= 0.6 is 0 Å². The molecule has 0 saturated heterocycles. The zero-order valence-corrected chi connectivity index (χ0v) is 22.2. The molecule has 0 radical (unpaired) electrons. The van der Waals surface area contributed by atoms with Crippen LogP contribution in [0, 0.1) is 18.8 Å². The molecule has 6 heteroatoms. The molecule has 0 aliphatic carbocycles. The highest BCUT2D eigenvalue weighted by Crippen LogP contribution is 2.40. The maximum atomic E-state index is 14.1. The maximum Gasteiger partial charge on any atom is 0.311 e. The van der Waals surface area contributed by atoms with Crippen LogP contribution in [-0.4, -0.2) is 41.8 Å². The third-order valence-corrected chi connectivity index (χ3v) is 9.55. The predicted molar refractivity (Wildman–Crippen MR) is 135 cm³/mol. The number of aliphatic hydroxyl groups is 1. The van der Waals surface area contributed by atoms with Gasteiger partial charge in [-0.3, -0.25) is 9.00 Å². The third-order valence-electron chi connectivity index (χ3n) is 5.84. The predicted octanol–water partition coefficient (Wildman–Crippen LogP) is 5.40. The number of rotatable bonds is 10. The number of ether oxygens (including phenoxy) is 1. The standard InChI is InChI=1S/C26H38O4SSi/c1-18(2)25(27)24(26(28)30-4)23(20-11-9-8-10-12-20)22(17-32(5,6)7)31(29)21-15-13-19(3)14-16-21/h8-16,18,22-25,27H,17H2,1-7H3/t22-,23+,24+,25?,31?/m0/s1. The van der Waals surface area contributed by atoms with Crippen molar-refractivity contribution in [3.05, 3.63) is 65.7 Å². The van der Waals surface area contributed by atoms with Gasteiger partial charge < -0.3 is 9.84 Å². The van der Waals surface area contributed by atoms with E-state index in [2.05, 4.69) is 19.6 Å². The van der Waals surface area contributed by atoms with Crippen LogP contribution in [0.5, 0.6) is 0 Å². The first-order chi connectivity index (χ1) is 15.0. The Morgan fingerprint density at radius 2 is 1.59 bits per heavy atom. The van der Waals surface area contributed by atoms with Crippen molar-refractivity contribution in [2.45, 2.75) is 68.6 Å². The molecule has 0 spiro atoms. The molecule has 176 valence electrons. The second-order valence-electron chi connectivity index (χ2n) is 10.1. The van der Waals surface area contributed by atoms with E-state index >= 15 is 0 Å². The lowest BCUT2D eigenvalue weighted by atomic mass is 9.77. The van der Waals surface area contributed by atoms with Crippen LogP contribution in [0.15, 0.2) is 59.5 Å². The van der Waals surface area contributed by atoms with E-state index in [9.17, 15) is 14.1 Å². The SMILES string of the molecule is COC(=O)[C@@H](C(O)C(C)C)[C@H](c1ccccc1)[C@H](C[Si](C)(C)C)S(=O)c1ccc(C)cc1. The number of carbonyl (C=O) groups is 1. The van der Waals surface area contributed by atoms with Gasteiger partial charge in [-0.2, -0.15) is 0 Å². The average molecular weight is 475 g/mol. The number of esters is 1. The van der Waals surface area contributed by atoms with Crippen molar-refractivity contribution in [1.29, 1.82) is 0 Å². The molecule has 32 heavy (non-hydrogen) atoms. The van der Waals surface area contributed by atoms with Gasteiger partial charge in [0.15, 0.2) is 0 Å². The van der Waals surface area contributed by atoms with E-state index in [1.165, 1.54) is 7.11 Å². The molecule has 2 aromatic carbocycles. The van der Waals surface area contributed by atoms with Gasteiger partial charge in [0.2, 0.25) is 0 Å². The van der Waals surface area contributed by atoms with E-state index in [-0.39, 0.29) is 11.2 Å². The Morgan fingerprint density at radius 1 is 1.03 bits per heavy atom. The van der Waals surface area contributed by atoms with Gasteiger partial charge in [0, 0.05) is 24.1 Å². The summed E-state index contributed by atoms with van der Waals surface area (Å²) in [6.45, 7) is 12.5. The van der Waals surface area contributed by atoms with Gasteiger partial charge in [0.25, 0.3) is 0 Å². The van der Waals surface area contributed by atoms with Gasteiger partial charge in [-0.05, 0) is 36.6 Å². The Balaban J connectivity index is 2.71. The Bertz CT molecular complexity index is 890. The summed E-state index contributed by atoms with van der Waals surface area (Å²) in [4.78, 5) is 13.8. The van der Waals surface area contributed by atoms with Gasteiger partial charge in [-0.25, -0.2) is 0 Å². The Labute approximate surface area is 196 Å². The summed E-state index contributed by atoms with van der Waals surface area (Å²) in [5, 5.41) is 10.8. The molecule has 4 nitrogen and oxygen atoms in total. The molecule has 0 heterocycles. The molecule has 0 amide bonds. The fraction of sp³-hybridized carbons (Fsp3) is 0.500. The smallest absolute Gasteiger partial charge is 0.311 e. The zero-order valence-electron chi connectivity index (χ0n) is 20.4. The molecule has 2 unspecified atom stereocenters. The third kappa shape index (κ3) is 6.87. The lowest BCUT2D eigenvalue weighted by molar-refractivity contribution is -0.152. The maximum absolute atomic E-state index is 14.1. The van der Waals surface area contributed by atoms with Crippen LogP contribution in [0.2, 0.25) is 25.7 Å². The first-order valence-electron chi connectivity index (χ1n) is 11.2. The van der Waals surface area contributed by atoms with Crippen molar-refractivity contribution < 1.29 is 18.8 Å². The number of hydrogen-bond donors (Lipinski definition) is 1. The summed E-state index contributed by atoms with van der Waals surface area (Å²) in [5.41, 5.74) is 2.01. The van der Waals surface area contributed by atoms with E-state index in [0.29, 0.717) is 0 Å². The molecule has 0 bridgehead atoms. The van der Waals surface area contributed by atoms with Crippen molar-refractivity contribution in [3.63, 3.8) is 0 Å². The van der Waals surface area contributed by atoms with E-state index in [0.717, 1.165) is 22.1 Å². The molecular weight excluding hydrogens is 436 g/mol. The molecule has 5 atom stereocenters. The normalized spacial score (nSPS) is 16.8. The molecule has 0 saturated carbocycles. The molecule has 0 aromatic heterocycles. The monoisotopic (exact) mass is 474 g/mol. The van der Waals surface area contributed by atoms with E-state index < -0.39 is 42.8 Å². The second-order valence-corrected chi connectivity index (χ2v) is 17.3. The van der Waals surface area contributed by atoms with Crippen molar-refractivity contribution >= 4 is 24.8 Å². The summed E-state index contributed by atoms with van der Waals surface area (Å²) in [6, 6.07) is 18.2. The minimum absolute atomic E-state index is 0.148. The number of aliphatic hydroxyl groups excluding tert-OH is 1. The largest absolute Gasteiger partial charge is 0.469 e. The second kappa shape index (κ2) is 11.4. The molecule has 0 aliphatic rings. The number of methoxy groups -OCH3 is 1. The Hall–Kier alpha value is -1.76. The Kier molecular flexibility index (Phi) is 9.43. The van der Waals surface area contributed by atoms with Gasteiger partial charge in [0.05, 0.1) is 29.9 Å². The van der Waals surface area contributed by atoms with Gasteiger partial charge in [0.1, 0.15) is 0 Å². The lowest BCUT2D eigenvalue weighted by Crippen LogP contribution is -2.45. The highest BCUT2D eigenvalue weighted by molar-refractivity contribution is 7.85. The zero-order chi connectivity index (χ0) is 24.1. The molecule has 2 aromatic rings. The highest BCUT2D eigenvalue weighted by atomic mass is 32.2. The van der Waals surface area contributed by atoms with Crippen molar-refractivity contribution in [2.75, 3.05) is 7.11 Å². The van der Waals surface area contributed by atoms with E-state index in [1.807, 2.05) is 75.4 Å². The minimum atomic E-state index is -1.70. The molecule has 2 rings (SSSR count). The topological polar surface area (TPSA) is 63.6 Å². The first kappa shape index (κ1) is 26.5. The minimum Gasteiger partial charge on any atom is -0.469 e. The average Bonchev–Trinajstić information content (AvgIpc) is 2.75. The van der Waals surface area contributed by atoms with Gasteiger partial charge in [-0.15, -0.1) is 0 Å². The molecule has 1 N–H and O–H groups in total. The van der Waals surface area contributed by atoms with Crippen LogP contribution < -0.4 is 0 Å². The fourth-order valence-corrected chi connectivity index (χ4v) is 9.08. The summed E-state index contributed by atoms with van der Waals surface area (Å²) in [5.74, 6) is -1.85. The van der Waals surface area contributed by atoms with Gasteiger partial charge >= 0.3 is 5.97 Å². The van der Waals surface area contributed by atoms with Gasteiger partial charge in [-0.1, -0.05) is 81.5 Å². The van der Waals surface area contributed by atoms with Crippen molar-refractivity contribution in [1.82, 2.24) is 0 Å². The van der Waals surface area contributed by atoms with Crippen LogP contribution in [-0.2, 0) is 20.3 Å². The van der Waals surface area contributed by atoms with E-state index in [4.69, 9.17) is 4.74 Å².